The third-order valence-corrected chi connectivity index (χ3v) is 2.74. The molecule has 2 fully saturated rings. The molecule has 0 nitrogen and oxygen atoms in total. The van der Waals surface area contributed by atoms with Crippen LogP contribution in [0.5, 0.6) is 0 Å². The molecule has 2 rings (SSSR count). The molecular formula is C7H12. The van der Waals surface area contributed by atoms with Crippen LogP contribution in [0.1, 0.15) is 32.6 Å². The fourth-order valence-electron chi connectivity index (χ4n) is 1.78. The van der Waals surface area contributed by atoms with E-state index >= 15 is 0 Å². The molecule has 0 aromatic heterocycles. The van der Waals surface area contributed by atoms with Gasteiger partial charge in [0.25, 0.3) is 0 Å². The molecule has 0 radical (unpaired) electrons. The average molecular weight is 96.2 g/mol. The van der Waals surface area contributed by atoms with Gasteiger partial charge in [0.1, 0.15) is 0 Å². The molecule has 0 saturated heterocycles. The molecule has 0 N–H and O–H groups in total. The highest BCUT2D eigenvalue weighted by Gasteiger charge is 2.61. The Morgan fingerprint density at radius 1 is 1.57 bits per heavy atom. The fraction of sp³-hybridized carbons (Fsp3) is 1.00. The third kappa shape index (κ3) is 0.375. The van der Waals surface area contributed by atoms with E-state index in [0.717, 1.165) is 11.3 Å². The Hall–Kier alpha value is 0. The molecule has 7 heavy (non-hydrogen) atoms. The summed E-state index contributed by atoms with van der Waals surface area (Å²) < 4.78 is 0. The van der Waals surface area contributed by atoms with Gasteiger partial charge in [0.15, 0.2) is 0 Å². The van der Waals surface area contributed by atoms with Crippen LogP contribution in [-0.4, -0.2) is 0 Å². The molecule has 0 aromatic rings. The van der Waals surface area contributed by atoms with Crippen molar-refractivity contribution in [2.45, 2.75) is 32.6 Å². The molecule has 0 bridgehead atoms. The Balaban J connectivity index is 1.97. The van der Waals surface area contributed by atoms with E-state index in [-0.39, 0.29) is 0 Å². The van der Waals surface area contributed by atoms with Crippen molar-refractivity contribution in [1.82, 2.24) is 0 Å². The maximum absolute atomic E-state index is 2.32. The van der Waals surface area contributed by atoms with Crippen molar-refractivity contribution >= 4 is 0 Å². The Labute approximate surface area is 44.9 Å². The van der Waals surface area contributed by atoms with E-state index in [2.05, 4.69) is 6.92 Å². The molecule has 0 heteroatoms. The average Bonchev–Trinajstić information content (AvgIpc) is 2.52. The first-order valence-electron chi connectivity index (χ1n) is 3.37. The summed E-state index contributed by atoms with van der Waals surface area (Å²) in [6.45, 7) is 2.32. The topological polar surface area (TPSA) is 0 Å². The minimum absolute atomic E-state index is 0.967. The van der Waals surface area contributed by atoms with Gasteiger partial charge in [-0.1, -0.05) is 13.3 Å². The van der Waals surface area contributed by atoms with Crippen LogP contribution in [0, 0.1) is 11.3 Å². The van der Waals surface area contributed by atoms with Gasteiger partial charge < -0.3 is 0 Å². The van der Waals surface area contributed by atoms with Crippen molar-refractivity contribution in [2.24, 2.45) is 11.3 Å². The summed E-state index contributed by atoms with van der Waals surface area (Å²) in [5.41, 5.74) is 0.967. The maximum Gasteiger partial charge on any atom is -0.0266 e. The normalized spacial score (nSPS) is 41.6. The maximum atomic E-state index is 2.32. The Bertz CT molecular complexity index is 90.2. The highest BCUT2D eigenvalue weighted by Crippen LogP contribution is 2.71. The van der Waals surface area contributed by atoms with Gasteiger partial charge in [-0.05, 0) is 30.6 Å². The van der Waals surface area contributed by atoms with E-state index in [1.165, 1.54) is 6.42 Å². The van der Waals surface area contributed by atoms with Crippen LogP contribution in [0.4, 0.5) is 0 Å². The summed E-state index contributed by atoms with van der Waals surface area (Å²) in [5, 5.41) is 0. The van der Waals surface area contributed by atoms with Crippen molar-refractivity contribution in [3.8, 4) is 0 Å². The second-order valence-electron chi connectivity index (χ2n) is 3.17. The van der Waals surface area contributed by atoms with Gasteiger partial charge >= 0.3 is 0 Å². The smallest absolute Gasteiger partial charge is 0.0266 e. The molecular weight excluding hydrogens is 84.1 g/mol. The minimum Gasteiger partial charge on any atom is -0.0651 e. The van der Waals surface area contributed by atoms with E-state index in [9.17, 15) is 0 Å². The van der Waals surface area contributed by atoms with E-state index < -0.39 is 0 Å². The van der Waals surface area contributed by atoms with E-state index in [4.69, 9.17) is 0 Å². The molecule has 0 aliphatic heterocycles. The molecule has 1 unspecified atom stereocenters. The summed E-state index contributed by atoms with van der Waals surface area (Å²) in [6, 6.07) is 0. The van der Waals surface area contributed by atoms with Gasteiger partial charge in [0.05, 0.1) is 0 Å². The molecule has 2 aliphatic rings. The van der Waals surface area contributed by atoms with Crippen molar-refractivity contribution in [3.05, 3.63) is 0 Å². The van der Waals surface area contributed by atoms with E-state index in [0.29, 0.717) is 0 Å². The predicted octanol–water partition coefficient (Wildman–Crippen LogP) is 2.20. The van der Waals surface area contributed by atoms with Crippen molar-refractivity contribution in [1.29, 1.82) is 0 Å². The van der Waals surface area contributed by atoms with Gasteiger partial charge in [-0.3, -0.25) is 0 Å². The van der Waals surface area contributed by atoms with Crippen LogP contribution in [0.2, 0.25) is 0 Å². The second kappa shape index (κ2) is 0.888. The van der Waals surface area contributed by atoms with Crippen LogP contribution in [-0.2, 0) is 0 Å². The lowest BCUT2D eigenvalue weighted by Crippen LogP contribution is -1.72. The molecule has 2 aliphatic carbocycles. The van der Waals surface area contributed by atoms with Crippen LogP contribution in [0.3, 0.4) is 0 Å². The van der Waals surface area contributed by atoms with Gasteiger partial charge in [-0.25, -0.2) is 0 Å². The predicted molar refractivity (Wildman–Crippen MR) is 30.1 cm³/mol. The van der Waals surface area contributed by atoms with Crippen molar-refractivity contribution < 1.29 is 0 Å². The lowest BCUT2D eigenvalue weighted by Gasteiger charge is -1.82. The Morgan fingerprint density at radius 2 is 2.29 bits per heavy atom. The first-order chi connectivity index (χ1) is 3.37. The largest absolute Gasteiger partial charge is 0.0651 e. The van der Waals surface area contributed by atoms with Gasteiger partial charge in [0, 0.05) is 0 Å². The summed E-state index contributed by atoms with van der Waals surface area (Å²) in [7, 11) is 0. The van der Waals surface area contributed by atoms with E-state index in [1.54, 1.807) is 19.3 Å². The standard InChI is InChI=1S/C7H12/c1-2-6-5-7(6)3-4-7/h6H,2-5H2,1H3. The fourth-order valence-corrected chi connectivity index (χ4v) is 1.78. The lowest BCUT2D eigenvalue weighted by molar-refractivity contribution is 0.684. The molecule has 1 spiro atoms. The summed E-state index contributed by atoms with van der Waals surface area (Å²) in [4.78, 5) is 0. The zero-order valence-corrected chi connectivity index (χ0v) is 4.91. The molecule has 40 valence electrons. The molecule has 1 atom stereocenters. The van der Waals surface area contributed by atoms with Crippen LogP contribution in [0.25, 0.3) is 0 Å². The van der Waals surface area contributed by atoms with E-state index in [1.807, 2.05) is 0 Å². The molecule has 0 amide bonds. The Kier molecular flexibility index (Phi) is 0.499. The molecule has 0 heterocycles. The van der Waals surface area contributed by atoms with Crippen LogP contribution >= 0.6 is 0 Å². The zero-order valence-electron chi connectivity index (χ0n) is 4.91. The third-order valence-electron chi connectivity index (χ3n) is 2.74. The minimum atomic E-state index is 0.967. The van der Waals surface area contributed by atoms with Crippen molar-refractivity contribution in [2.75, 3.05) is 0 Å². The first-order valence-corrected chi connectivity index (χ1v) is 3.37. The number of hydrogen-bond acceptors (Lipinski definition) is 0. The van der Waals surface area contributed by atoms with Gasteiger partial charge in [-0.15, -0.1) is 0 Å². The summed E-state index contributed by atoms with van der Waals surface area (Å²) in [6.07, 6.45) is 6.14. The summed E-state index contributed by atoms with van der Waals surface area (Å²) in [5.74, 6) is 1.16. The van der Waals surface area contributed by atoms with Gasteiger partial charge in [-0.2, -0.15) is 0 Å². The first kappa shape index (κ1) is 3.94. The number of hydrogen-bond donors (Lipinski definition) is 0. The number of rotatable bonds is 1. The van der Waals surface area contributed by atoms with Crippen molar-refractivity contribution in [3.63, 3.8) is 0 Å². The molecule has 0 aromatic carbocycles. The SMILES string of the molecule is CCC1CC12CC2. The summed E-state index contributed by atoms with van der Waals surface area (Å²) >= 11 is 0. The highest BCUT2D eigenvalue weighted by atomic mass is 14.7. The van der Waals surface area contributed by atoms with Gasteiger partial charge in [0.2, 0.25) is 0 Å². The molecule has 2 saturated carbocycles. The van der Waals surface area contributed by atoms with Crippen LogP contribution in [0.15, 0.2) is 0 Å². The Morgan fingerprint density at radius 3 is 2.43 bits per heavy atom. The second-order valence-corrected chi connectivity index (χ2v) is 3.17. The zero-order chi connectivity index (χ0) is 4.91. The highest BCUT2D eigenvalue weighted by molar-refractivity contribution is 5.11. The monoisotopic (exact) mass is 96.1 g/mol. The quantitative estimate of drug-likeness (QED) is 0.469. The lowest BCUT2D eigenvalue weighted by atomic mass is 10.2. The van der Waals surface area contributed by atoms with Crippen LogP contribution < -0.4 is 0 Å².